The molecule has 0 bridgehead atoms. The monoisotopic (exact) mass is 372 g/mol. The molecule has 1 aliphatic heterocycles. The third-order valence-corrected chi connectivity index (χ3v) is 5.50. The zero-order chi connectivity index (χ0) is 18.1. The standard InChI is InChI=1S/C15H15F3N4O2S/c16-15(17,18)10-1-3-11(4-2-10)21-13-7-14(20-9-19-13)22-12-5-6-25(23,24)8-12/h1-4,7,9,12H,5-6,8H2,(H2,19,20,21,22). The summed E-state index contributed by atoms with van der Waals surface area (Å²) in [6.07, 6.45) is -2.58. The molecule has 25 heavy (non-hydrogen) atoms. The van der Waals surface area contributed by atoms with Crippen LogP contribution in [0.1, 0.15) is 12.0 Å². The number of sulfone groups is 1. The number of anilines is 3. The fraction of sp³-hybridized carbons (Fsp3) is 0.333. The van der Waals surface area contributed by atoms with Gasteiger partial charge in [0.05, 0.1) is 17.1 Å². The molecule has 1 saturated heterocycles. The Balaban J connectivity index is 1.67. The fourth-order valence-electron chi connectivity index (χ4n) is 2.51. The van der Waals surface area contributed by atoms with Crippen molar-refractivity contribution in [2.24, 2.45) is 0 Å². The van der Waals surface area contributed by atoms with Crippen molar-refractivity contribution in [3.8, 4) is 0 Å². The van der Waals surface area contributed by atoms with E-state index >= 15 is 0 Å². The molecule has 6 nitrogen and oxygen atoms in total. The minimum absolute atomic E-state index is 0.0542. The van der Waals surface area contributed by atoms with Gasteiger partial charge >= 0.3 is 6.18 Å². The van der Waals surface area contributed by atoms with E-state index in [0.717, 1.165) is 12.1 Å². The SMILES string of the molecule is O=S1(=O)CCC(Nc2cc(Nc3ccc(C(F)(F)F)cc3)ncn2)C1. The molecule has 1 aromatic heterocycles. The van der Waals surface area contributed by atoms with E-state index in [1.165, 1.54) is 18.5 Å². The third-order valence-electron chi connectivity index (χ3n) is 3.74. The predicted octanol–water partition coefficient (Wildman–Crippen LogP) is 2.84. The minimum Gasteiger partial charge on any atom is -0.366 e. The Hall–Kier alpha value is -2.36. The summed E-state index contributed by atoms with van der Waals surface area (Å²) >= 11 is 0. The lowest BCUT2D eigenvalue weighted by molar-refractivity contribution is -0.137. The first-order valence-corrected chi connectivity index (χ1v) is 9.27. The Morgan fingerprint density at radius 3 is 2.36 bits per heavy atom. The highest BCUT2D eigenvalue weighted by molar-refractivity contribution is 7.91. The number of benzene rings is 1. The molecule has 0 radical (unpaired) electrons. The number of hydrogen-bond acceptors (Lipinski definition) is 6. The van der Waals surface area contributed by atoms with E-state index in [1.807, 2.05) is 0 Å². The van der Waals surface area contributed by atoms with E-state index in [1.54, 1.807) is 6.07 Å². The number of alkyl halides is 3. The Kier molecular flexibility index (Phi) is 4.55. The van der Waals surface area contributed by atoms with Gasteiger partial charge in [-0.2, -0.15) is 13.2 Å². The van der Waals surface area contributed by atoms with Crippen molar-refractivity contribution in [1.82, 2.24) is 9.97 Å². The summed E-state index contributed by atoms with van der Waals surface area (Å²) in [7, 11) is -3.00. The second kappa shape index (κ2) is 6.51. The molecule has 1 aliphatic rings. The summed E-state index contributed by atoms with van der Waals surface area (Å²) in [5, 5.41) is 5.92. The van der Waals surface area contributed by atoms with Crippen LogP contribution in [0.5, 0.6) is 0 Å². The summed E-state index contributed by atoms with van der Waals surface area (Å²) in [5.41, 5.74) is -0.286. The van der Waals surface area contributed by atoms with E-state index in [2.05, 4.69) is 20.6 Å². The second-order valence-electron chi connectivity index (χ2n) is 5.73. The van der Waals surface area contributed by atoms with Crippen LogP contribution in [0.15, 0.2) is 36.7 Å². The molecule has 10 heteroatoms. The minimum atomic E-state index is -4.38. The van der Waals surface area contributed by atoms with Crippen LogP contribution < -0.4 is 10.6 Å². The molecule has 2 N–H and O–H groups in total. The normalized spacial score (nSPS) is 19.6. The van der Waals surface area contributed by atoms with Gasteiger partial charge < -0.3 is 10.6 Å². The Morgan fingerprint density at radius 2 is 1.76 bits per heavy atom. The molecule has 1 atom stereocenters. The summed E-state index contributed by atoms with van der Waals surface area (Å²) in [6.45, 7) is 0. The maximum Gasteiger partial charge on any atom is 0.416 e. The number of hydrogen-bond donors (Lipinski definition) is 2. The van der Waals surface area contributed by atoms with Gasteiger partial charge in [0.1, 0.15) is 18.0 Å². The average Bonchev–Trinajstić information content (AvgIpc) is 2.86. The first kappa shape index (κ1) is 17.5. The molecule has 0 amide bonds. The van der Waals surface area contributed by atoms with Crippen molar-refractivity contribution < 1.29 is 21.6 Å². The summed E-state index contributed by atoms with van der Waals surface area (Å²) < 4.78 is 60.6. The van der Waals surface area contributed by atoms with Gasteiger partial charge in [0.2, 0.25) is 0 Å². The highest BCUT2D eigenvalue weighted by Gasteiger charge is 2.30. The van der Waals surface area contributed by atoms with Gasteiger partial charge in [0.25, 0.3) is 0 Å². The first-order chi connectivity index (χ1) is 11.7. The average molecular weight is 372 g/mol. The highest BCUT2D eigenvalue weighted by atomic mass is 32.2. The lowest BCUT2D eigenvalue weighted by atomic mass is 10.2. The molecular weight excluding hydrogens is 357 g/mol. The van der Waals surface area contributed by atoms with Crippen LogP contribution in [-0.2, 0) is 16.0 Å². The van der Waals surface area contributed by atoms with Gasteiger partial charge in [-0.05, 0) is 30.7 Å². The van der Waals surface area contributed by atoms with Crippen LogP contribution in [0.2, 0.25) is 0 Å². The molecule has 1 fully saturated rings. The molecule has 3 rings (SSSR count). The van der Waals surface area contributed by atoms with Crippen molar-refractivity contribution in [3.05, 3.63) is 42.2 Å². The quantitative estimate of drug-likeness (QED) is 0.859. The molecule has 0 saturated carbocycles. The van der Waals surface area contributed by atoms with Gasteiger partial charge in [0.15, 0.2) is 9.84 Å². The van der Waals surface area contributed by atoms with Crippen molar-refractivity contribution in [2.45, 2.75) is 18.6 Å². The van der Waals surface area contributed by atoms with Crippen LogP contribution in [-0.4, -0.2) is 35.9 Å². The van der Waals surface area contributed by atoms with Gasteiger partial charge in [-0.3, -0.25) is 0 Å². The van der Waals surface area contributed by atoms with Gasteiger partial charge in [0, 0.05) is 17.8 Å². The molecule has 2 aromatic rings. The van der Waals surface area contributed by atoms with Gasteiger partial charge in [-0.1, -0.05) is 0 Å². The number of halogens is 3. The van der Waals surface area contributed by atoms with Crippen LogP contribution in [0.4, 0.5) is 30.5 Å². The summed E-state index contributed by atoms with van der Waals surface area (Å²) in [4.78, 5) is 8.04. The van der Waals surface area contributed by atoms with Crippen LogP contribution >= 0.6 is 0 Å². The van der Waals surface area contributed by atoms with Crippen molar-refractivity contribution in [2.75, 3.05) is 22.1 Å². The summed E-state index contributed by atoms with van der Waals surface area (Å²) in [6, 6.07) is 5.93. The molecule has 134 valence electrons. The van der Waals surface area contributed by atoms with E-state index in [9.17, 15) is 21.6 Å². The van der Waals surface area contributed by atoms with Crippen molar-refractivity contribution >= 4 is 27.2 Å². The van der Waals surface area contributed by atoms with E-state index in [-0.39, 0.29) is 17.5 Å². The van der Waals surface area contributed by atoms with Crippen LogP contribution in [0, 0.1) is 0 Å². The zero-order valence-electron chi connectivity index (χ0n) is 12.9. The lowest BCUT2D eigenvalue weighted by Gasteiger charge is -2.13. The van der Waals surface area contributed by atoms with Crippen LogP contribution in [0.25, 0.3) is 0 Å². The van der Waals surface area contributed by atoms with E-state index in [4.69, 9.17) is 0 Å². The van der Waals surface area contributed by atoms with Crippen LogP contribution in [0.3, 0.4) is 0 Å². The maximum absolute atomic E-state index is 12.6. The molecule has 0 aliphatic carbocycles. The second-order valence-corrected chi connectivity index (χ2v) is 7.96. The topological polar surface area (TPSA) is 84.0 Å². The number of nitrogens with zero attached hydrogens (tertiary/aromatic N) is 2. The summed E-state index contributed by atoms with van der Waals surface area (Å²) in [5.74, 6) is 1.04. The van der Waals surface area contributed by atoms with E-state index in [0.29, 0.717) is 23.7 Å². The molecule has 1 aromatic carbocycles. The molecule has 0 spiro atoms. The fourth-order valence-corrected chi connectivity index (χ4v) is 4.19. The number of rotatable bonds is 4. The Labute approximate surface area is 142 Å². The number of aromatic nitrogens is 2. The molecule has 1 unspecified atom stereocenters. The Bertz CT molecular complexity index is 854. The van der Waals surface area contributed by atoms with E-state index < -0.39 is 21.6 Å². The third kappa shape index (κ3) is 4.59. The largest absolute Gasteiger partial charge is 0.416 e. The smallest absolute Gasteiger partial charge is 0.366 e. The van der Waals surface area contributed by atoms with Crippen molar-refractivity contribution in [1.29, 1.82) is 0 Å². The maximum atomic E-state index is 12.6. The predicted molar refractivity (Wildman–Crippen MR) is 87.4 cm³/mol. The first-order valence-electron chi connectivity index (χ1n) is 7.45. The zero-order valence-corrected chi connectivity index (χ0v) is 13.7. The highest BCUT2D eigenvalue weighted by Crippen LogP contribution is 2.30. The number of nitrogens with one attached hydrogen (secondary N) is 2. The van der Waals surface area contributed by atoms with Gasteiger partial charge in [-0.15, -0.1) is 0 Å². The van der Waals surface area contributed by atoms with Crippen molar-refractivity contribution in [3.63, 3.8) is 0 Å². The Morgan fingerprint density at radius 1 is 1.08 bits per heavy atom. The molecular formula is C15H15F3N4O2S. The van der Waals surface area contributed by atoms with Gasteiger partial charge in [-0.25, -0.2) is 18.4 Å². The molecule has 2 heterocycles. The lowest BCUT2D eigenvalue weighted by Crippen LogP contribution is -2.21.